The van der Waals surface area contributed by atoms with Gasteiger partial charge in [-0.3, -0.25) is 0 Å². The van der Waals surface area contributed by atoms with Crippen LogP contribution in [0.1, 0.15) is 25.0 Å². The fourth-order valence-corrected chi connectivity index (χ4v) is 8.20. The summed E-state index contributed by atoms with van der Waals surface area (Å²) in [5.74, 6) is 2.34. The smallest absolute Gasteiger partial charge is 0.164 e. The maximum Gasteiger partial charge on any atom is 0.164 e. The van der Waals surface area contributed by atoms with Gasteiger partial charge in [0.2, 0.25) is 0 Å². The maximum atomic E-state index is 9.87. The number of ether oxygens (including phenoxy) is 1. The van der Waals surface area contributed by atoms with E-state index in [1.807, 2.05) is 68.4 Å². The Morgan fingerprint density at radius 2 is 0.817 bits per heavy atom. The molecule has 2 heterocycles. The molecule has 9 aromatic rings. The SMILES string of the molecule is CC1(C)Oc2cccc(-c3nc(-c4cc(-c5ccccc5)cc(-c5ccccc5)c4)nc(-c4cc(-c5ccccc5)cc(-c5ccccc5)c4)n3)c2-c2ccc(C#N)cc21. The number of nitrogens with zero attached hydrogens (tertiary/aromatic N) is 4. The van der Waals surface area contributed by atoms with Crippen LogP contribution in [0.2, 0.25) is 0 Å². The molecule has 0 radical (unpaired) electrons. The highest BCUT2D eigenvalue weighted by Gasteiger charge is 2.35. The minimum Gasteiger partial charge on any atom is -0.482 e. The fourth-order valence-electron chi connectivity index (χ4n) is 8.20. The second kappa shape index (κ2) is 15.1. The molecule has 0 saturated carbocycles. The first-order valence-electron chi connectivity index (χ1n) is 20.1. The monoisotopic (exact) mass is 770 g/mol. The molecular weight excluding hydrogens is 733 g/mol. The van der Waals surface area contributed by atoms with E-state index in [-0.39, 0.29) is 0 Å². The van der Waals surface area contributed by atoms with Gasteiger partial charge in [-0.25, -0.2) is 15.0 Å². The van der Waals surface area contributed by atoms with Gasteiger partial charge in [0.15, 0.2) is 17.5 Å². The van der Waals surface area contributed by atoms with E-state index in [1.165, 1.54) is 0 Å². The van der Waals surface area contributed by atoms with Gasteiger partial charge in [0.1, 0.15) is 11.4 Å². The molecule has 8 aromatic carbocycles. The first kappa shape index (κ1) is 36.4. The summed E-state index contributed by atoms with van der Waals surface area (Å²) in [6.07, 6.45) is 0. The van der Waals surface area contributed by atoms with E-state index in [1.54, 1.807) is 0 Å². The van der Waals surface area contributed by atoms with Crippen molar-refractivity contribution in [1.82, 2.24) is 15.0 Å². The zero-order valence-electron chi connectivity index (χ0n) is 33.2. The van der Waals surface area contributed by atoms with Crippen LogP contribution >= 0.6 is 0 Å². The van der Waals surface area contributed by atoms with E-state index < -0.39 is 5.60 Å². The topological polar surface area (TPSA) is 71.7 Å². The van der Waals surface area contributed by atoms with Crippen molar-refractivity contribution in [2.45, 2.75) is 19.4 Å². The Bertz CT molecular complexity index is 2820. The van der Waals surface area contributed by atoms with Crippen molar-refractivity contribution in [2.75, 3.05) is 0 Å². The Labute approximate surface area is 350 Å². The zero-order valence-corrected chi connectivity index (χ0v) is 33.2. The molecule has 0 unspecified atom stereocenters. The average molecular weight is 771 g/mol. The summed E-state index contributed by atoms with van der Waals surface area (Å²) in [5, 5.41) is 9.87. The van der Waals surface area contributed by atoms with Gasteiger partial charge >= 0.3 is 0 Å². The van der Waals surface area contributed by atoms with Crippen molar-refractivity contribution >= 4 is 0 Å². The quantitative estimate of drug-likeness (QED) is 0.161. The molecule has 0 saturated heterocycles. The average Bonchev–Trinajstić information content (AvgIpc) is 3.31. The van der Waals surface area contributed by atoms with E-state index >= 15 is 0 Å². The van der Waals surface area contributed by atoms with E-state index in [9.17, 15) is 5.26 Å². The van der Waals surface area contributed by atoms with Crippen molar-refractivity contribution in [3.8, 4) is 102 Å². The largest absolute Gasteiger partial charge is 0.482 e. The van der Waals surface area contributed by atoms with Crippen LogP contribution in [0.5, 0.6) is 5.75 Å². The molecule has 0 fully saturated rings. The lowest BCUT2D eigenvalue weighted by molar-refractivity contribution is 0.106. The molecule has 5 nitrogen and oxygen atoms in total. The molecule has 1 aliphatic rings. The third kappa shape index (κ3) is 6.91. The lowest BCUT2D eigenvalue weighted by atomic mass is 9.83. The molecule has 284 valence electrons. The van der Waals surface area contributed by atoms with Gasteiger partial charge in [-0.15, -0.1) is 0 Å². The molecule has 1 aromatic heterocycles. The van der Waals surface area contributed by atoms with Gasteiger partial charge in [0.05, 0.1) is 11.6 Å². The van der Waals surface area contributed by atoms with E-state index in [0.29, 0.717) is 23.0 Å². The molecular formula is C55H38N4O. The Morgan fingerprint density at radius 1 is 0.400 bits per heavy atom. The van der Waals surface area contributed by atoms with Crippen molar-refractivity contribution in [3.63, 3.8) is 0 Å². The predicted molar refractivity (Wildman–Crippen MR) is 242 cm³/mol. The summed E-state index contributed by atoms with van der Waals surface area (Å²) in [5.41, 5.74) is 13.9. The molecule has 0 spiro atoms. The highest BCUT2D eigenvalue weighted by molar-refractivity contribution is 5.90. The van der Waals surface area contributed by atoms with Crippen molar-refractivity contribution in [2.24, 2.45) is 0 Å². The third-order valence-electron chi connectivity index (χ3n) is 11.1. The highest BCUT2D eigenvalue weighted by Crippen LogP contribution is 2.49. The van der Waals surface area contributed by atoms with Crippen LogP contribution in [0.25, 0.3) is 89.8 Å². The summed E-state index contributed by atoms with van der Waals surface area (Å²) in [6.45, 7) is 4.08. The molecule has 60 heavy (non-hydrogen) atoms. The van der Waals surface area contributed by atoms with E-state index in [2.05, 4.69) is 146 Å². The summed E-state index contributed by atoms with van der Waals surface area (Å²) < 4.78 is 6.72. The normalized spacial score (nSPS) is 12.4. The van der Waals surface area contributed by atoms with E-state index in [4.69, 9.17) is 19.7 Å². The van der Waals surface area contributed by atoms with Crippen LogP contribution in [0.3, 0.4) is 0 Å². The van der Waals surface area contributed by atoms with Crippen molar-refractivity contribution in [1.29, 1.82) is 5.26 Å². The van der Waals surface area contributed by atoms with Crippen LogP contribution in [0.15, 0.2) is 194 Å². The number of hydrogen-bond donors (Lipinski definition) is 0. The summed E-state index contributed by atoms with van der Waals surface area (Å²) >= 11 is 0. The number of aromatic nitrogens is 3. The van der Waals surface area contributed by atoms with Crippen LogP contribution < -0.4 is 4.74 Å². The number of rotatable bonds is 7. The van der Waals surface area contributed by atoms with Crippen LogP contribution in [0.4, 0.5) is 0 Å². The first-order valence-corrected chi connectivity index (χ1v) is 20.1. The molecule has 0 atom stereocenters. The Morgan fingerprint density at radius 3 is 1.25 bits per heavy atom. The molecule has 1 aliphatic heterocycles. The summed E-state index contributed by atoms with van der Waals surface area (Å²) in [6, 6.07) is 69.0. The van der Waals surface area contributed by atoms with Crippen LogP contribution in [-0.2, 0) is 5.60 Å². The number of hydrogen-bond acceptors (Lipinski definition) is 5. The number of fused-ring (bicyclic) bond motifs is 3. The molecule has 5 heteroatoms. The minimum absolute atomic E-state index is 0.517. The predicted octanol–water partition coefficient (Wildman–Crippen LogP) is 13.7. The summed E-state index contributed by atoms with van der Waals surface area (Å²) in [7, 11) is 0. The lowest BCUT2D eigenvalue weighted by Crippen LogP contribution is -2.29. The third-order valence-corrected chi connectivity index (χ3v) is 11.1. The Balaban J connectivity index is 1.25. The minimum atomic E-state index is -0.666. The van der Waals surface area contributed by atoms with Gasteiger partial charge in [-0.2, -0.15) is 5.26 Å². The molecule has 0 aliphatic carbocycles. The second-order valence-electron chi connectivity index (χ2n) is 15.5. The van der Waals surface area contributed by atoms with Gasteiger partial charge in [-0.1, -0.05) is 140 Å². The fraction of sp³-hybridized carbons (Fsp3) is 0.0545. The standard InChI is InChI=1S/C55H38N4O/c1-55(2)49-28-36(35-56)26-27-47(49)51-48(24-15-25-50(51)60-55)54-58-52(45-31-41(37-16-7-3-8-17-37)29-42(32-45)38-18-9-4-10-19-38)57-53(59-54)46-33-43(39-20-11-5-12-21-39)30-44(34-46)40-22-13-6-14-23-40/h3-34H,1-2H3. The molecule has 0 bridgehead atoms. The molecule has 10 rings (SSSR count). The summed E-state index contributed by atoms with van der Waals surface area (Å²) in [4.78, 5) is 16.1. The second-order valence-corrected chi connectivity index (χ2v) is 15.5. The number of benzene rings is 8. The number of nitriles is 1. The first-order chi connectivity index (χ1) is 29.4. The van der Waals surface area contributed by atoms with Crippen LogP contribution in [-0.4, -0.2) is 15.0 Å². The highest BCUT2D eigenvalue weighted by atomic mass is 16.5. The zero-order chi connectivity index (χ0) is 40.6. The van der Waals surface area contributed by atoms with Gasteiger partial charge in [0.25, 0.3) is 0 Å². The van der Waals surface area contributed by atoms with Gasteiger partial charge in [0, 0.05) is 27.8 Å². The van der Waals surface area contributed by atoms with Crippen molar-refractivity contribution < 1.29 is 4.74 Å². The molecule has 0 N–H and O–H groups in total. The maximum absolute atomic E-state index is 9.87. The van der Waals surface area contributed by atoms with Gasteiger partial charge in [-0.05, 0) is 119 Å². The molecule has 0 amide bonds. The Kier molecular flexibility index (Phi) is 9.16. The Hall–Kier alpha value is -7.94. The van der Waals surface area contributed by atoms with E-state index in [0.717, 1.165) is 83.6 Å². The van der Waals surface area contributed by atoms with Crippen molar-refractivity contribution in [3.05, 3.63) is 205 Å². The lowest BCUT2D eigenvalue weighted by Gasteiger charge is -2.35. The van der Waals surface area contributed by atoms with Crippen LogP contribution in [0, 0.1) is 11.3 Å². The van der Waals surface area contributed by atoms with Gasteiger partial charge < -0.3 is 4.74 Å².